The molecule has 2 N–H and O–H groups in total. The summed E-state index contributed by atoms with van der Waals surface area (Å²) in [6.07, 6.45) is 3.64. The number of hydrogen-bond acceptors (Lipinski definition) is 6. The minimum absolute atomic E-state index is 0.330. The van der Waals surface area contributed by atoms with Gasteiger partial charge < -0.3 is 19.1 Å². The second-order valence-electron chi connectivity index (χ2n) is 5.44. The Morgan fingerprint density at radius 1 is 1.05 bits per heavy atom. The van der Waals surface area contributed by atoms with Crippen LogP contribution in [-0.2, 0) is 9.47 Å². The third-order valence-electron chi connectivity index (χ3n) is 2.33. The Bertz CT molecular complexity index is 167. The van der Waals surface area contributed by atoms with Gasteiger partial charge in [0.2, 0.25) is 0 Å². The molecule has 1 rings (SSSR count). The van der Waals surface area contributed by atoms with E-state index in [0.29, 0.717) is 45.0 Å². The first-order chi connectivity index (χ1) is 9.47. The van der Waals surface area contributed by atoms with Crippen molar-refractivity contribution in [3.63, 3.8) is 0 Å². The number of ether oxygens (including phenoxy) is 2. The third kappa shape index (κ3) is 20.5. The van der Waals surface area contributed by atoms with E-state index in [0.717, 1.165) is 12.3 Å². The normalized spacial score (nSPS) is 15.4. The van der Waals surface area contributed by atoms with E-state index in [4.69, 9.17) is 19.1 Å². The molecule has 0 aromatic carbocycles. The first-order valence-electron chi connectivity index (χ1n) is 7.30. The predicted molar refractivity (Wildman–Crippen MR) is 85.1 cm³/mol. The lowest BCUT2D eigenvalue weighted by Gasteiger charge is -2.21. The standard InChI is InChI=1S/C6H14.C5H12O.C3H7NO3S/c1-4-5-6(2)3;1-5(2)3-4-6;5-8-4-1-6-3-7-2-4/h6H,4-5H2,1-3H3;5-6H,3-4H2,1-2H3;5H,1-3H2. The Balaban J connectivity index is 0. The summed E-state index contributed by atoms with van der Waals surface area (Å²) in [6, 6.07) is 0. The molecule has 1 aliphatic heterocycles. The fourth-order valence-corrected chi connectivity index (χ4v) is 1.50. The largest absolute Gasteiger partial charge is 0.396 e. The second-order valence-corrected chi connectivity index (χ2v) is 6.12. The van der Waals surface area contributed by atoms with E-state index in [9.17, 15) is 0 Å². The van der Waals surface area contributed by atoms with E-state index >= 15 is 0 Å². The van der Waals surface area contributed by atoms with Crippen LogP contribution in [0.3, 0.4) is 0 Å². The summed E-state index contributed by atoms with van der Waals surface area (Å²) in [6.45, 7) is 12.4. The van der Waals surface area contributed by atoms with Gasteiger partial charge in [0, 0.05) is 6.61 Å². The summed E-state index contributed by atoms with van der Waals surface area (Å²) in [5.41, 5.74) is 0. The van der Waals surface area contributed by atoms with E-state index in [1.54, 1.807) is 4.31 Å². The summed E-state index contributed by atoms with van der Waals surface area (Å²) in [5.74, 6) is 1.55. The van der Waals surface area contributed by atoms with E-state index in [1.165, 1.54) is 12.8 Å². The molecule has 0 aliphatic carbocycles. The van der Waals surface area contributed by atoms with Crippen molar-refractivity contribution in [2.75, 3.05) is 26.9 Å². The van der Waals surface area contributed by atoms with Gasteiger partial charge in [0.25, 0.3) is 0 Å². The highest BCUT2D eigenvalue weighted by Crippen LogP contribution is 2.07. The fourth-order valence-electron chi connectivity index (χ4n) is 1.26. The highest BCUT2D eigenvalue weighted by atomic mass is 32.2. The molecular formula is C14H33NO4S. The van der Waals surface area contributed by atoms with Crippen LogP contribution in [0.25, 0.3) is 0 Å². The lowest BCUT2D eigenvalue weighted by atomic mass is 10.1. The van der Waals surface area contributed by atoms with Crippen molar-refractivity contribution in [2.24, 2.45) is 11.8 Å². The maximum Gasteiger partial charge on any atom is 0.150 e. The van der Waals surface area contributed by atoms with Crippen LogP contribution in [0.15, 0.2) is 0 Å². The van der Waals surface area contributed by atoms with E-state index in [2.05, 4.69) is 34.6 Å². The molecule has 0 aromatic rings. The Hall–Kier alpha value is 0.150. The molecule has 0 bridgehead atoms. The van der Waals surface area contributed by atoms with Crippen LogP contribution in [0.4, 0.5) is 0 Å². The fraction of sp³-hybridized carbons (Fsp3) is 1.00. The van der Waals surface area contributed by atoms with Crippen LogP contribution in [0.2, 0.25) is 0 Å². The quantitative estimate of drug-likeness (QED) is 0.595. The molecule has 1 fully saturated rings. The zero-order valence-corrected chi connectivity index (χ0v) is 14.5. The highest BCUT2D eigenvalue weighted by molar-refractivity contribution is 7.91. The summed E-state index contributed by atoms with van der Waals surface area (Å²) in [7, 11) is 0. The zero-order valence-electron chi connectivity index (χ0n) is 13.7. The van der Waals surface area contributed by atoms with E-state index in [-0.39, 0.29) is 0 Å². The molecule has 0 radical (unpaired) electrons. The van der Waals surface area contributed by atoms with Crippen molar-refractivity contribution >= 4 is 12.2 Å². The van der Waals surface area contributed by atoms with Crippen LogP contribution in [0.5, 0.6) is 0 Å². The van der Waals surface area contributed by atoms with Crippen LogP contribution in [-0.4, -0.2) is 40.8 Å². The molecule has 0 aromatic heterocycles. The monoisotopic (exact) mass is 311 g/mol. The summed E-state index contributed by atoms with van der Waals surface area (Å²) >= 11 is 0.629. The van der Waals surface area contributed by atoms with Crippen LogP contribution in [0, 0.1) is 11.8 Å². The van der Waals surface area contributed by atoms with Gasteiger partial charge in [-0.1, -0.05) is 47.5 Å². The molecule has 0 spiro atoms. The van der Waals surface area contributed by atoms with Crippen LogP contribution >= 0.6 is 12.2 Å². The van der Waals surface area contributed by atoms with Crippen LogP contribution in [0.1, 0.15) is 53.9 Å². The number of hydrogen-bond donors (Lipinski definition) is 2. The van der Waals surface area contributed by atoms with Crippen molar-refractivity contribution in [3.05, 3.63) is 0 Å². The van der Waals surface area contributed by atoms with Gasteiger partial charge in [-0.15, -0.1) is 0 Å². The molecule has 0 amide bonds. The van der Waals surface area contributed by atoms with Crippen molar-refractivity contribution in [1.82, 2.24) is 4.31 Å². The molecule has 6 heteroatoms. The predicted octanol–water partition coefficient (Wildman–Crippen LogP) is 3.80. The van der Waals surface area contributed by atoms with Gasteiger partial charge in [-0.3, -0.25) is 0 Å². The number of aliphatic hydroxyl groups is 1. The maximum atomic E-state index is 8.37. The molecule has 0 atom stereocenters. The molecular weight excluding hydrogens is 278 g/mol. The van der Waals surface area contributed by atoms with Gasteiger partial charge in [-0.05, 0) is 18.3 Å². The highest BCUT2D eigenvalue weighted by Gasteiger charge is 2.08. The Morgan fingerprint density at radius 3 is 1.70 bits per heavy atom. The SMILES string of the molecule is CC(C)CCO.CCCC(C)C.OSN1COCOC1. The van der Waals surface area contributed by atoms with Gasteiger partial charge in [0.15, 0.2) is 0 Å². The zero-order chi connectivity index (χ0) is 15.8. The number of aliphatic hydroxyl groups excluding tert-OH is 1. The second kappa shape index (κ2) is 17.2. The summed E-state index contributed by atoms with van der Waals surface area (Å²) in [4.78, 5) is 0. The van der Waals surface area contributed by atoms with Gasteiger partial charge >= 0.3 is 0 Å². The van der Waals surface area contributed by atoms with Crippen LogP contribution < -0.4 is 0 Å². The van der Waals surface area contributed by atoms with Gasteiger partial charge in [0.05, 0.1) is 12.2 Å². The average molecular weight is 311 g/mol. The summed E-state index contributed by atoms with van der Waals surface area (Å²) in [5, 5.41) is 8.24. The smallest absolute Gasteiger partial charge is 0.150 e. The Labute approximate surface area is 129 Å². The van der Waals surface area contributed by atoms with Gasteiger partial charge in [0.1, 0.15) is 20.3 Å². The van der Waals surface area contributed by atoms with E-state index in [1.807, 2.05) is 0 Å². The molecule has 20 heavy (non-hydrogen) atoms. The minimum atomic E-state index is 0.330. The number of rotatable bonds is 5. The molecule has 5 nitrogen and oxygen atoms in total. The molecule has 0 saturated carbocycles. The topological polar surface area (TPSA) is 62.2 Å². The van der Waals surface area contributed by atoms with Crippen molar-refractivity contribution in [2.45, 2.75) is 53.9 Å². The lowest BCUT2D eigenvalue weighted by molar-refractivity contribution is -0.152. The van der Waals surface area contributed by atoms with Crippen molar-refractivity contribution in [1.29, 1.82) is 0 Å². The van der Waals surface area contributed by atoms with Gasteiger partial charge in [-0.25, -0.2) is 0 Å². The van der Waals surface area contributed by atoms with Crippen molar-refractivity contribution < 1.29 is 19.1 Å². The first kappa shape index (κ1) is 22.4. The average Bonchev–Trinajstić information content (AvgIpc) is 2.41. The maximum absolute atomic E-state index is 8.37. The molecule has 124 valence electrons. The first-order valence-corrected chi connectivity index (χ1v) is 8.03. The Morgan fingerprint density at radius 2 is 1.55 bits per heavy atom. The minimum Gasteiger partial charge on any atom is -0.396 e. The third-order valence-corrected chi connectivity index (χ3v) is 2.77. The lowest BCUT2D eigenvalue weighted by Crippen LogP contribution is -2.28. The van der Waals surface area contributed by atoms with Gasteiger partial charge in [-0.2, -0.15) is 4.31 Å². The van der Waals surface area contributed by atoms with Crippen molar-refractivity contribution in [3.8, 4) is 0 Å². The van der Waals surface area contributed by atoms with E-state index < -0.39 is 0 Å². The molecule has 1 saturated heterocycles. The Kier molecular flexibility index (Phi) is 19.3. The molecule has 0 unspecified atom stereocenters. The molecule has 1 heterocycles. The molecule has 1 aliphatic rings. The number of nitrogens with zero attached hydrogens (tertiary/aromatic N) is 1. The summed E-state index contributed by atoms with van der Waals surface area (Å²) < 4.78 is 19.5.